The Hall–Kier alpha value is -2.90. The fourth-order valence-electron chi connectivity index (χ4n) is 2.03. The molecular weight excluding hydrogens is 315 g/mol. The number of hydrogen-bond donors (Lipinski definition) is 0. The van der Waals surface area contributed by atoms with Gasteiger partial charge in [0.05, 0.1) is 28.7 Å². The van der Waals surface area contributed by atoms with Crippen LogP contribution in [0.4, 0.5) is 18.9 Å². The van der Waals surface area contributed by atoms with E-state index in [1.807, 2.05) is 0 Å². The van der Waals surface area contributed by atoms with E-state index in [1.165, 1.54) is 12.1 Å². The van der Waals surface area contributed by atoms with Crippen molar-refractivity contribution in [2.45, 2.75) is 6.18 Å². The standard InChI is InChI=1S/C15H10F3NO4/c1-23-14(20)10-5-6-13(19(21)22)12(8-10)9-3-2-4-11(7-9)15(16,17)18/h2-8H,1H3. The van der Waals surface area contributed by atoms with Gasteiger partial charge in [-0.25, -0.2) is 4.79 Å². The van der Waals surface area contributed by atoms with Gasteiger partial charge >= 0.3 is 12.1 Å². The van der Waals surface area contributed by atoms with E-state index in [0.29, 0.717) is 0 Å². The first-order valence-corrected chi connectivity index (χ1v) is 6.28. The van der Waals surface area contributed by atoms with Gasteiger partial charge in [-0.15, -0.1) is 0 Å². The molecule has 2 rings (SSSR count). The predicted octanol–water partition coefficient (Wildman–Crippen LogP) is 4.07. The van der Waals surface area contributed by atoms with Crippen molar-refractivity contribution in [3.8, 4) is 11.1 Å². The number of rotatable bonds is 3. The molecule has 2 aromatic rings. The molecule has 8 heteroatoms. The van der Waals surface area contributed by atoms with Crippen LogP contribution in [0.1, 0.15) is 15.9 Å². The van der Waals surface area contributed by atoms with Gasteiger partial charge in [-0.1, -0.05) is 12.1 Å². The second kappa shape index (κ2) is 6.07. The van der Waals surface area contributed by atoms with Crippen LogP contribution in [-0.2, 0) is 10.9 Å². The van der Waals surface area contributed by atoms with Gasteiger partial charge < -0.3 is 4.74 Å². The van der Waals surface area contributed by atoms with Gasteiger partial charge in [0.1, 0.15) is 0 Å². The number of methoxy groups -OCH3 is 1. The van der Waals surface area contributed by atoms with E-state index in [1.54, 1.807) is 0 Å². The van der Waals surface area contributed by atoms with Crippen LogP contribution >= 0.6 is 0 Å². The molecular formula is C15H10F3NO4. The average Bonchev–Trinajstić information content (AvgIpc) is 2.52. The summed E-state index contributed by atoms with van der Waals surface area (Å²) in [4.78, 5) is 21.9. The molecule has 0 saturated heterocycles. The van der Waals surface area contributed by atoms with Crippen molar-refractivity contribution < 1.29 is 27.6 Å². The molecule has 0 aliphatic carbocycles. The molecule has 0 N–H and O–H groups in total. The third-order valence-corrected chi connectivity index (χ3v) is 3.12. The van der Waals surface area contributed by atoms with Crippen molar-refractivity contribution in [3.05, 3.63) is 63.7 Å². The van der Waals surface area contributed by atoms with E-state index < -0.39 is 28.3 Å². The van der Waals surface area contributed by atoms with E-state index in [9.17, 15) is 28.1 Å². The number of carbonyl (C=O) groups excluding carboxylic acids is 1. The SMILES string of the molecule is COC(=O)c1ccc([N+](=O)[O-])c(-c2cccc(C(F)(F)F)c2)c1. The molecule has 2 aromatic carbocycles. The molecule has 0 radical (unpaired) electrons. The number of benzene rings is 2. The summed E-state index contributed by atoms with van der Waals surface area (Å²) in [6.45, 7) is 0. The average molecular weight is 325 g/mol. The van der Waals surface area contributed by atoms with Crippen molar-refractivity contribution in [1.82, 2.24) is 0 Å². The van der Waals surface area contributed by atoms with Gasteiger partial charge in [0.25, 0.3) is 5.69 Å². The van der Waals surface area contributed by atoms with E-state index in [0.717, 1.165) is 37.4 Å². The topological polar surface area (TPSA) is 69.4 Å². The van der Waals surface area contributed by atoms with Crippen molar-refractivity contribution >= 4 is 11.7 Å². The molecule has 0 saturated carbocycles. The van der Waals surface area contributed by atoms with Gasteiger partial charge in [-0.3, -0.25) is 10.1 Å². The lowest BCUT2D eigenvalue weighted by atomic mass is 9.99. The maximum absolute atomic E-state index is 12.8. The smallest absolute Gasteiger partial charge is 0.416 e. The van der Waals surface area contributed by atoms with E-state index in [2.05, 4.69) is 4.74 Å². The Balaban J connectivity index is 2.65. The number of nitro benzene ring substituents is 1. The molecule has 0 atom stereocenters. The molecule has 5 nitrogen and oxygen atoms in total. The predicted molar refractivity (Wildman–Crippen MR) is 74.9 cm³/mol. The zero-order valence-corrected chi connectivity index (χ0v) is 11.8. The molecule has 0 spiro atoms. The molecule has 0 fully saturated rings. The van der Waals surface area contributed by atoms with Gasteiger partial charge in [0.2, 0.25) is 0 Å². The number of alkyl halides is 3. The Morgan fingerprint density at radius 3 is 2.43 bits per heavy atom. The third-order valence-electron chi connectivity index (χ3n) is 3.12. The first-order valence-electron chi connectivity index (χ1n) is 6.28. The van der Waals surface area contributed by atoms with E-state index in [-0.39, 0.29) is 16.7 Å². The van der Waals surface area contributed by atoms with Crippen LogP contribution in [0.5, 0.6) is 0 Å². The highest BCUT2D eigenvalue weighted by atomic mass is 19.4. The molecule has 0 aliphatic heterocycles. The van der Waals surface area contributed by atoms with Gasteiger partial charge in [-0.2, -0.15) is 13.2 Å². The number of esters is 1. The van der Waals surface area contributed by atoms with Crippen LogP contribution in [-0.4, -0.2) is 18.0 Å². The van der Waals surface area contributed by atoms with Crippen LogP contribution in [0.2, 0.25) is 0 Å². The summed E-state index contributed by atoms with van der Waals surface area (Å²) < 4.78 is 42.9. The highest BCUT2D eigenvalue weighted by molar-refractivity contribution is 5.92. The summed E-state index contributed by atoms with van der Waals surface area (Å²) >= 11 is 0. The van der Waals surface area contributed by atoms with Gasteiger partial charge in [0.15, 0.2) is 0 Å². The molecule has 120 valence electrons. The van der Waals surface area contributed by atoms with Crippen LogP contribution in [0.25, 0.3) is 11.1 Å². The summed E-state index contributed by atoms with van der Waals surface area (Å²) in [6, 6.07) is 7.48. The van der Waals surface area contributed by atoms with Crippen molar-refractivity contribution in [2.24, 2.45) is 0 Å². The fraction of sp³-hybridized carbons (Fsp3) is 0.133. The second-order valence-electron chi connectivity index (χ2n) is 4.56. The van der Waals surface area contributed by atoms with Crippen LogP contribution in [0.3, 0.4) is 0 Å². The highest BCUT2D eigenvalue weighted by Gasteiger charge is 2.31. The summed E-state index contributed by atoms with van der Waals surface area (Å²) in [6.07, 6.45) is -4.58. The first-order chi connectivity index (χ1) is 10.7. The van der Waals surface area contributed by atoms with E-state index >= 15 is 0 Å². The Labute approximate surface area is 128 Å². The van der Waals surface area contributed by atoms with Gasteiger partial charge in [-0.05, 0) is 29.8 Å². The number of carbonyl (C=O) groups is 1. The third kappa shape index (κ3) is 3.47. The number of ether oxygens (including phenoxy) is 1. The maximum Gasteiger partial charge on any atom is 0.416 e. The summed E-state index contributed by atoms with van der Waals surface area (Å²) in [7, 11) is 1.13. The summed E-state index contributed by atoms with van der Waals surface area (Å²) in [5, 5.41) is 11.1. The first kappa shape index (κ1) is 16.5. The number of nitrogens with zero attached hydrogens (tertiary/aromatic N) is 1. The monoisotopic (exact) mass is 325 g/mol. The van der Waals surface area contributed by atoms with Crippen molar-refractivity contribution in [3.63, 3.8) is 0 Å². The lowest BCUT2D eigenvalue weighted by Crippen LogP contribution is -2.05. The van der Waals surface area contributed by atoms with Crippen LogP contribution < -0.4 is 0 Å². The number of nitro groups is 1. The summed E-state index contributed by atoms with van der Waals surface area (Å²) in [5.41, 5.74) is -1.45. The van der Waals surface area contributed by atoms with Gasteiger partial charge in [0, 0.05) is 6.07 Å². The normalized spacial score (nSPS) is 11.1. The van der Waals surface area contributed by atoms with E-state index in [4.69, 9.17) is 0 Å². The Bertz CT molecular complexity index is 772. The zero-order chi connectivity index (χ0) is 17.2. The van der Waals surface area contributed by atoms with Crippen molar-refractivity contribution in [1.29, 1.82) is 0 Å². The molecule has 23 heavy (non-hydrogen) atoms. The Kier molecular flexibility index (Phi) is 4.35. The number of halogens is 3. The lowest BCUT2D eigenvalue weighted by molar-refractivity contribution is -0.384. The second-order valence-corrected chi connectivity index (χ2v) is 4.56. The largest absolute Gasteiger partial charge is 0.465 e. The summed E-state index contributed by atoms with van der Waals surface area (Å²) in [5.74, 6) is -0.742. The van der Waals surface area contributed by atoms with Crippen LogP contribution in [0.15, 0.2) is 42.5 Å². The van der Waals surface area contributed by atoms with Crippen LogP contribution in [0, 0.1) is 10.1 Å². The fourth-order valence-corrected chi connectivity index (χ4v) is 2.03. The molecule has 0 aromatic heterocycles. The molecule has 0 aliphatic rings. The molecule has 0 unspecified atom stereocenters. The minimum absolute atomic E-state index is 0.00510. The zero-order valence-electron chi connectivity index (χ0n) is 11.8. The minimum Gasteiger partial charge on any atom is -0.465 e. The van der Waals surface area contributed by atoms with Crippen molar-refractivity contribution in [2.75, 3.05) is 7.11 Å². The molecule has 0 bridgehead atoms. The Morgan fingerprint density at radius 1 is 1.17 bits per heavy atom. The highest BCUT2D eigenvalue weighted by Crippen LogP contribution is 2.35. The minimum atomic E-state index is -4.58. The molecule has 0 amide bonds. The number of hydrogen-bond acceptors (Lipinski definition) is 4. The molecule has 0 heterocycles. The quantitative estimate of drug-likeness (QED) is 0.484. The lowest BCUT2D eigenvalue weighted by Gasteiger charge is -2.10. The Morgan fingerprint density at radius 2 is 1.87 bits per heavy atom. The maximum atomic E-state index is 12.8.